The van der Waals surface area contributed by atoms with Gasteiger partial charge in [0, 0.05) is 32.7 Å². The normalized spacial score (nSPS) is 16.9. The van der Waals surface area contributed by atoms with Crippen LogP contribution in [0.3, 0.4) is 0 Å². The van der Waals surface area contributed by atoms with E-state index < -0.39 is 0 Å². The Hall–Kier alpha value is -2.22. The van der Waals surface area contributed by atoms with E-state index in [-0.39, 0.29) is 6.04 Å². The number of benzene rings is 1. The van der Waals surface area contributed by atoms with Gasteiger partial charge in [-0.25, -0.2) is 0 Å². The molecule has 6 nitrogen and oxygen atoms in total. The summed E-state index contributed by atoms with van der Waals surface area (Å²) in [7, 11) is 0. The average molecular weight is 399 g/mol. The molecule has 2 aromatic heterocycles. The zero-order valence-corrected chi connectivity index (χ0v) is 17.2. The average Bonchev–Trinajstić information content (AvgIpc) is 3.42. The number of piperazine rings is 1. The highest BCUT2D eigenvalue weighted by atomic mass is 32.1. The Morgan fingerprint density at radius 3 is 2.57 bits per heavy atom. The standard InChI is InChI=1S/C21H26N4O2S/c1-3-26-18-8-6-17(7-9-18)15-24-10-12-25(13-11-24)16(2)20-22-23-21(27-20)19-5-4-14-28-19/h4-9,14,16H,3,10-13,15H2,1-2H3. The molecule has 0 spiro atoms. The molecule has 1 unspecified atom stereocenters. The number of aromatic nitrogens is 2. The fraction of sp³-hybridized carbons (Fsp3) is 0.429. The van der Waals surface area contributed by atoms with Crippen molar-refractivity contribution in [1.82, 2.24) is 20.0 Å². The highest BCUT2D eigenvalue weighted by molar-refractivity contribution is 7.13. The van der Waals surface area contributed by atoms with E-state index in [1.807, 2.05) is 24.4 Å². The lowest BCUT2D eigenvalue weighted by molar-refractivity contribution is 0.0876. The van der Waals surface area contributed by atoms with Crippen LogP contribution in [0.25, 0.3) is 10.8 Å². The lowest BCUT2D eigenvalue weighted by atomic mass is 10.1. The molecule has 1 saturated heterocycles. The number of thiophene rings is 1. The second-order valence-corrected chi connectivity index (χ2v) is 7.94. The number of nitrogens with zero attached hydrogens (tertiary/aromatic N) is 4. The Kier molecular flexibility index (Phi) is 6.04. The monoisotopic (exact) mass is 398 g/mol. The molecule has 3 aromatic rings. The summed E-state index contributed by atoms with van der Waals surface area (Å²) in [5.41, 5.74) is 1.32. The van der Waals surface area contributed by atoms with Gasteiger partial charge in [-0.2, -0.15) is 0 Å². The van der Waals surface area contributed by atoms with Crippen molar-refractivity contribution in [2.24, 2.45) is 0 Å². The maximum atomic E-state index is 5.92. The van der Waals surface area contributed by atoms with Gasteiger partial charge in [-0.15, -0.1) is 21.5 Å². The van der Waals surface area contributed by atoms with E-state index in [0.29, 0.717) is 18.4 Å². The fourth-order valence-corrected chi connectivity index (χ4v) is 4.13. The zero-order chi connectivity index (χ0) is 19.3. The van der Waals surface area contributed by atoms with Crippen LogP contribution in [-0.4, -0.2) is 52.8 Å². The third-order valence-electron chi connectivity index (χ3n) is 5.13. The van der Waals surface area contributed by atoms with Crippen molar-refractivity contribution in [2.75, 3.05) is 32.8 Å². The van der Waals surface area contributed by atoms with E-state index in [9.17, 15) is 0 Å². The molecule has 4 rings (SSSR count). The maximum Gasteiger partial charge on any atom is 0.257 e. The van der Waals surface area contributed by atoms with Gasteiger partial charge in [0.2, 0.25) is 5.89 Å². The number of ether oxygens (including phenoxy) is 1. The molecule has 0 aliphatic carbocycles. The minimum atomic E-state index is 0.133. The van der Waals surface area contributed by atoms with E-state index in [4.69, 9.17) is 9.15 Å². The van der Waals surface area contributed by atoms with Gasteiger partial charge in [-0.05, 0) is 43.0 Å². The minimum absolute atomic E-state index is 0.133. The topological polar surface area (TPSA) is 54.6 Å². The quantitative estimate of drug-likeness (QED) is 0.598. The zero-order valence-electron chi connectivity index (χ0n) is 16.4. The van der Waals surface area contributed by atoms with Crippen LogP contribution in [0.5, 0.6) is 5.75 Å². The summed E-state index contributed by atoms with van der Waals surface area (Å²) in [4.78, 5) is 5.93. The van der Waals surface area contributed by atoms with Crippen LogP contribution in [0, 0.1) is 0 Å². The smallest absolute Gasteiger partial charge is 0.257 e. The van der Waals surface area contributed by atoms with Gasteiger partial charge in [-0.1, -0.05) is 18.2 Å². The first kappa shape index (κ1) is 19.1. The lowest BCUT2D eigenvalue weighted by Gasteiger charge is -2.36. The number of rotatable bonds is 7. The summed E-state index contributed by atoms with van der Waals surface area (Å²) in [5, 5.41) is 10.5. The Morgan fingerprint density at radius 2 is 1.89 bits per heavy atom. The van der Waals surface area contributed by atoms with Crippen LogP contribution in [0.1, 0.15) is 31.3 Å². The molecule has 1 aromatic carbocycles. The number of hydrogen-bond acceptors (Lipinski definition) is 7. The second-order valence-electron chi connectivity index (χ2n) is 6.99. The van der Waals surface area contributed by atoms with Gasteiger partial charge in [0.25, 0.3) is 5.89 Å². The lowest BCUT2D eigenvalue weighted by Crippen LogP contribution is -2.46. The Balaban J connectivity index is 1.30. The Bertz CT molecular complexity index is 855. The summed E-state index contributed by atoms with van der Waals surface area (Å²) in [6.45, 7) is 9.88. The van der Waals surface area contributed by atoms with Crippen LogP contribution in [0.2, 0.25) is 0 Å². The van der Waals surface area contributed by atoms with Gasteiger partial charge in [0.1, 0.15) is 5.75 Å². The molecule has 0 amide bonds. The van der Waals surface area contributed by atoms with E-state index in [0.717, 1.165) is 43.4 Å². The van der Waals surface area contributed by atoms with Crippen molar-refractivity contribution < 1.29 is 9.15 Å². The molecule has 28 heavy (non-hydrogen) atoms. The predicted octanol–water partition coefficient (Wildman–Crippen LogP) is 4.08. The van der Waals surface area contributed by atoms with Gasteiger partial charge in [0.15, 0.2) is 0 Å². The van der Waals surface area contributed by atoms with Crippen molar-refractivity contribution in [3.8, 4) is 16.5 Å². The Morgan fingerprint density at radius 1 is 1.11 bits per heavy atom. The maximum absolute atomic E-state index is 5.92. The Labute approximate surface area is 169 Å². The first-order valence-corrected chi connectivity index (χ1v) is 10.7. The van der Waals surface area contributed by atoms with Crippen LogP contribution in [-0.2, 0) is 6.54 Å². The van der Waals surface area contributed by atoms with Crippen LogP contribution < -0.4 is 4.74 Å². The summed E-state index contributed by atoms with van der Waals surface area (Å²) in [6, 6.07) is 12.6. The van der Waals surface area contributed by atoms with E-state index in [1.54, 1.807) is 11.3 Å². The van der Waals surface area contributed by atoms with E-state index in [2.05, 4.69) is 51.2 Å². The van der Waals surface area contributed by atoms with Crippen molar-refractivity contribution in [2.45, 2.75) is 26.4 Å². The molecule has 1 aliphatic heterocycles. The molecule has 3 heterocycles. The van der Waals surface area contributed by atoms with Crippen molar-refractivity contribution in [3.05, 3.63) is 53.2 Å². The third-order valence-corrected chi connectivity index (χ3v) is 5.98. The van der Waals surface area contributed by atoms with Gasteiger partial charge in [-0.3, -0.25) is 9.80 Å². The SMILES string of the molecule is CCOc1ccc(CN2CCN(C(C)c3nnc(-c4cccs4)o3)CC2)cc1. The summed E-state index contributed by atoms with van der Waals surface area (Å²) < 4.78 is 11.4. The molecular weight excluding hydrogens is 372 g/mol. The first-order chi connectivity index (χ1) is 13.7. The number of hydrogen-bond donors (Lipinski definition) is 0. The van der Waals surface area contributed by atoms with E-state index in [1.165, 1.54) is 5.56 Å². The van der Waals surface area contributed by atoms with Crippen LogP contribution in [0.15, 0.2) is 46.2 Å². The molecule has 1 atom stereocenters. The second kappa shape index (κ2) is 8.86. The molecule has 0 bridgehead atoms. The highest BCUT2D eigenvalue weighted by Gasteiger charge is 2.26. The molecule has 1 aliphatic rings. The predicted molar refractivity (Wildman–Crippen MR) is 110 cm³/mol. The fourth-order valence-electron chi connectivity index (χ4n) is 3.48. The molecule has 148 valence electrons. The first-order valence-electron chi connectivity index (χ1n) is 9.78. The van der Waals surface area contributed by atoms with Crippen LogP contribution in [0.4, 0.5) is 0 Å². The molecule has 7 heteroatoms. The third kappa shape index (κ3) is 4.43. The van der Waals surface area contributed by atoms with E-state index >= 15 is 0 Å². The molecular formula is C21H26N4O2S. The van der Waals surface area contributed by atoms with Crippen LogP contribution >= 0.6 is 11.3 Å². The van der Waals surface area contributed by atoms with Crippen molar-refractivity contribution in [1.29, 1.82) is 0 Å². The van der Waals surface area contributed by atoms with Gasteiger partial charge in [0.05, 0.1) is 17.5 Å². The highest BCUT2D eigenvalue weighted by Crippen LogP contribution is 2.27. The van der Waals surface area contributed by atoms with Gasteiger partial charge >= 0.3 is 0 Å². The molecule has 1 fully saturated rings. The van der Waals surface area contributed by atoms with Gasteiger partial charge < -0.3 is 9.15 Å². The molecule has 0 N–H and O–H groups in total. The van der Waals surface area contributed by atoms with Crippen molar-refractivity contribution >= 4 is 11.3 Å². The van der Waals surface area contributed by atoms with Crippen molar-refractivity contribution in [3.63, 3.8) is 0 Å². The summed E-state index contributed by atoms with van der Waals surface area (Å²) >= 11 is 1.62. The summed E-state index contributed by atoms with van der Waals surface area (Å²) in [5.74, 6) is 2.25. The minimum Gasteiger partial charge on any atom is -0.494 e. The largest absolute Gasteiger partial charge is 0.494 e. The molecule has 0 radical (unpaired) electrons. The summed E-state index contributed by atoms with van der Waals surface area (Å²) in [6.07, 6.45) is 0. The molecule has 0 saturated carbocycles.